The molecule has 0 radical (unpaired) electrons. The first kappa shape index (κ1) is 12.4. The molecular formula is C14H9ClFNO. The summed E-state index contributed by atoms with van der Waals surface area (Å²) in [5.74, 6) is 0.0287. The molecule has 2 aromatic rings. The summed E-state index contributed by atoms with van der Waals surface area (Å²) >= 11 is 5.94. The second-order valence-corrected chi connectivity index (χ2v) is 4.05. The van der Waals surface area contributed by atoms with Gasteiger partial charge in [0.15, 0.2) is 0 Å². The van der Waals surface area contributed by atoms with Gasteiger partial charge >= 0.3 is 0 Å². The number of rotatable bonds is 3. The van der Waals surface area contributed by atoms with Gasteiger partial charge in [0.2, 0.25) is 0 Å². The Labute approximate surface area is 109 Å². The fourth-order valence-corrected chi connectivity index (χ4v) is 1.66. The molecule has 0 bridgehead atoms. The van der Waals surface area contributed by atoms with Crippen LogP contribution in [0.3, 0.4) is 0 Å². The zero-order valence-electron chi connectivity index (χ0n) is 9.36. The number of ether oxygens (including phenoxy) is 1. The number of benzene rings is 2. The predicted octanol–water partition coefficient (Wildman–Crippen LogP) is 3.93. The molecule has 0 heterocycles. The van der Waals surface area contributed by atoms with Crippen LogP contribution in [0.4, 0.5) is 4.39 Å². The van der Waals surface area contributed by atoms with Gasteiger partial charge in [0.1, 0.15) is 24.2 Å². The minimum atomic E-state index is -0.529. The lowest BCUT2D eigenvalue weighted by atomic mass is 10.1. The van der Waals surface area contributed by atoms with Crippen LogP contribution in [0.5, 0.6) is 5.75 Å². The van der Waals surface area contributed by atoms with Gasteiger partial charge in [-0.15, -0.1) is 0 Å². The molecule has 2 aromatic carbocycles. The van der Waals surface area contributed by atoms with Crippen molar-refractivity contribution in [2.45, 2.75) is 6.61 Å². The van der Waals surface area contributed by atoms with Crippen LogP contribution in [-0.4, -0.2) is 0 Å². The molecule has 18 heavy (non-hydrogen) atoms. The number of para-hydroxylation sites is 1. The molecule has 2 rings (SSSR count). The third kappa shape index (κ3) is 2.79. The molecule has 0 saturated carbocycles. The zero-order chi connectivity index (χ0) is 13.0. The van der Waals surface area contributed by atoms with Gasteiger partial charge < -0.3 is 4.74 Å². The highest BCUT2D eigenvalue weighted by molar-refractivity contribution is 6.32. The summed E-state index contributed by atoms with van der Waals surface area (Å²) in [5.41, 5.74) is 0.725. The molecule has 0 amide bonds. The van der Waals surface area contributed by atoms with E-state index in [-0.39, 0.29) is 12.2 Å². The molecule has 0 N–H and O–H groups in total. The maximum Gasteiger partial charge on any atom is 0.140 e. The lowest BCUT2D eigenvalue weighted by Crippen LogP contribution is -1.97. The quantitative estimate of drug-likeness (QED) is 0.839. The van der Waals surface area contributed by atoms with Crippen LogP contribution in [0.25, 0.3) is 0 Å². The lowest BCUT2D eigenvalue weighted by Gasteiger charge is -2.08. The van der Waals surface area contributed by atoms with Crippen molar-refractivity contribution in [1.82, 2.24) is 0 Å². The maximum absolute atomic E-state index is 13.1. The van der Waals surface area contributed by atoms with E-state index in [1.165, 1.54) is 12.1 Å². The number of nitriles is 1. The van der Waals surface area contributed by atoms with Crippen molar-refractivity contribution in [3.63, 3.8) is 0 Å². The van der Waals surface area contributed by atoms with Crippen LogP contribution < -0.4 is 4.74 Å². The first-order chi connectivity index (χ1) is 8.70. The van der Waals surface area contributed by atoms with Gasteiger partial charge in [0.05, 0.1) is 10.6 Å². The minimum absolute atomic E-state index is 0.00950. The van der Waals surface area contributed by atoms with Gasteiger partial charge in [0.25, 0.3) is 0 Å². The van der Waals surface area contributed by atoms with Crippen LogP contribution in [-0.2, 0) is 6.61 Å². The molecule has 2 nitrogen and oxygen atoms in total. The van der Waals surface area contributed by atoms with Crippen molar-refractivity contribution in [3.05, 3.63) is 64.4 Å². The Morgan fingerprint density at radius 1 is 1.22 bits per heavy atom. The highest BCUT2D eigenvalue weighted by Gasteiger charge is 2.04. The lowest BCUT2D eigenvalue weighted by molar-refractivity contribution is 0.306. The summed E-state index contributed by atoms with van der Waals surface area (Å²) in [4.78, 5) is 0. The topological polar surface area (TPSA) is 33.0 Å². The minimum Gasteiger partial charge on any atom is -0.487 e. The summed E-state index contributed by atoms with van der Waals surface area (Å²) in [6, 6.07) is 13.2. The molecule has 0 aliphatic carbocycles. The third-order valence-corrected chi connectivity index (χ3v) is 2.69. The van der Waals surface area contributed by atoms with E-state index in [0.717, 1.165) is 0 Å². The number of hydrogen-bond acceptors (Lipinski definition) is 2. The third-order valence-electron chi connectivity index (χ3n) is 2.38. The summed E-state index contributed by atoms with van der Waals surface area (Å²) in [7, 11) is 0. The number of halogens is 2. The Kier molecular flexibility index (Phi) is 3.81. The first-order valence-corrected chi connectivity index (χ1v) is 5.64. The van der Waals surface area contributed by atoms with Gasteiger partial charge in [-0.25, -0.2) is 4.39 Å². The Morgan fingerprint density at radius 3 is 2.72 bits per heavy atom. The average Bonchev–Trinajstić information content (AvgIpc) is 2.39. The summed E-state index contributed by atoms with van der Waals surface area (Å²) in [6.07, 6.45) is 0. The van der Waals surface area contributed by atoms with E-state index in [2.05, 4.69) is 0 Å². The molecule has 0 fully saturated rings. The Morgan fingerprint density at radius 2 is 2.00 bits per heavy atom. The van der Waals surface area contributed by atoms with Crippen molar-refractivity contribution < 1.29 is 9.13 Å². The SMILES string of the molecule is N#Cc1cc(COc2ccccc2Cl)ccc1F. The van der Waals surface area contributed by atoms with Crippen LogP contribution in [0, 0.1) is 17.1 Å². The van der Waals surface area contributed by atoms with Crippen LogP contribution in [0.1, 0.15) is 11.1 Å². The highest BCUT2D eigenvalue weighted by Crippen LogP contribution is 2.24. The fourth-order valence-electron chi connectivity index (χ4n) is 1.47. The molecule has 0 spiro atoms. The fraction of sp³-hybridized carbons (Fsp3) is 0.0714. The molecule has 4 heteroatoms. The van der Waals surface area contributed by atoms with E-state index in [1.54, 1.807) is 30.3 Å². The largest absolute Gasteiger partial charge is 0.487 e. The maximum atomic E-state index is 13.1. The Hall–Kier alpha value is -2.05. The standard InChI is InChI=1S/C14H9ClFNO/c15-12-3-1-2-4-14(12)18-9-10-5-6-13(16)11(7-10)8-17/h1-7H,9H2. The van der Waals surface area contributed by atoms with E-state index < -0.39 is 5.82 Å². The molecule has 0 aliphatic heterocycles. The molecule has 0 unspecified atom stereocenters. The van der Waals surface area contributed by atoms with Gasteiger partial charge in [0, 0.05) is 0 Å². The van der Waals surface area contributed by atoms with E-state index in [9.17, 15) is 4.39 Å². The average molecular weight is 262 g/mol. The van der Waals surface area contributed by atoms with E-state index in [1.807, 2.05) is 6.07 Å². The van der Waals surface area contributed by atoms with Gasteiger partial charge in [-0.1, -0.05) is 29.8 Å². The van der Waals surface area contributed by atoms with Crippen LogP contribution in [0.2, 0.25) is 5.02 Å². The Bertz CT molecular complexity index is 607. The van der Waals surface area contributed by atoms with Gasteiger partial charge in [-0.05, 0) is 29.8 Å². The first-order valence-electron chi connectivity index (χ1n) is 5.26. The van der Waals surface area contributed by atoms with Crippen molar-refractivity contribution >= 4 is 11.6 Å². The monoisotopic (exact) mass is 261 g/mol. The van der Waals surface area contributed by atoms with E-state index in [4.69, 9.17) is 21.6 Å². The second-order valence-electron chi connectivity index (χ2n) is 3.65. The second kappa shape index (κ2) is 5.52. The number of nitrogens with zero attached hydrogens (tertiary/aromatic N) is 1. The Balaban J connectivity index is 2.12. The van der Waals surface area contributed by atoms with Gasteiger partial charge in [-0.3, -0.25) is 0 Å². The molecule has 0 aliphatic rings. The molecule has 90 valence electrons. The summed E-state index contributed by atoms with van der Waals surface area (Å²) in [6.45, 7) is 0.235. The molecular weight excluding hydrogens is 253 g/mol. The van der Waals surface area contributed by atoms with Gasteiger partial charge in [-0.2, -0.15) is 5.26 Å². The van der Waals surface area contributed by atoms with Crippen LogP contribution >= 0.6 is 11.6 Å². The summed E-state index contributed by atoms with van der Waals surface area (Å²) in [5, 5.41) is 9.23. The number of hydrogen-bond donors (Lipinski definition) is 0. The summed E-state index contributed by atoms with van der Waals surface area (Å²) < 4.78 is 18.6. The van der Waals surface area contributed by atoms with Crippen molar-refractivity contribution in [3.8, 4) is 11.8 Å². The smallest absolute Gasteiger partial charge is 0.140 e. The molecule has 0 aromatic heterocycles. The normalized spacial score (nSPS) is 9.83. The van der Waals surface area contributed by atoms with Crippen molar-refractivity contribution in [1.29, 1.82) is 5.26 Å². The zero-order valence-corrected chi connectivity index (χ0v) is 10.1. The van der Waals surface area contributed by atoms with E-state index in [0.29, 0.717) is 16.3 Å². The van der Waals surface area contributed by atoms with Crippen molar-refractivity contribution in [2.24, 2.45) is 0 Å². The highest BCUT2D eigenvalue weighted by atomic mass is 35.5. The molecule has 0 saturated heterocycles. The van der Waals surface area contributed by atoms with Crippen molar-refractivity contribution in [2.75, 3.05) is 0 Å². The van der Waals surface area contributed by atoms with Crippen LogP contribution in [0.15, 0.2) is 42.5 Å². The molecule has 0 atom stereocenters. The predicted molar refractivity (Wildman–Crippen MR) is 66.9 cm³/mol. The van der Waals surface area contributed by atoms with E-state index >= 15 is 0 Å².